The molecule has 0 atom stereocenters. The van der Waals surface area contributed by atoms with Crippen LogP contribution in [0.4, 0.5) is 0 Å². The van der Waals surface area contributed by atoms with Gasteiger partial charge in [-0.3, -0.25) is 4.79 Å². The first-order valence-electron chi connectivity index (χ1n) is 7.03. The number of terminal acetylenes is 1. The summed E-state index contributed by atoms with van der Waals surface area (Å²) in [5.74, 6) is 3.64. The fourth-order valence-corrected chi connectivity index (χ4v) is 2.77. The molecule has 0 saturated carbocycles. The van der Waals surface area contributed by atoms with E-state index in [1.807, 2.05) is 25.3 Å². The molecule has 7 heteroatoms. The Morgan fingerprint density at radius 3 is 2.67 bits per heavy atom. The summed E-state index contributed by atoms with van der Waals surface area (Å²) < 4.78 is 1.91. The molecule has 0 aliphatic rings. The highest BCUT2D eigenvalue weighted by molar-refractivity contribution is 7.99. The number of hydrogen-bond donors (Lipinski definition) is 2. The predicted molar refractivity (Wildman–Crippen MR) is 84.8 cm³/mol. The zero-order valence-electron chi connectivity index (χ0n) is 12.8. The summed E-state index contributed by atoms with van der Waals surface area (Å²) in [6.07, 6.45) is 6.95. The lowest BCUT2D eigenvalue weighted by Crippen LogP contribution is -2.47. The summed E-state index contributed by atoms with van der Waals surface area (Å²) >= 11 is 1.34. The van der Waals surface area contributed by atoms with Crippen LogP contribution in [0, 0.1) is 19.3 Å². The van der Waals surface area contributed by atoms with Gasteiger partial charge in [0.15, 0.2) is 5.16 Å². The Balaban J connectivity index is 2.64. The van der Waals surface area contributed by atoms with Gasteiger partial charge in [0.25, 0.3) is 0 Å². The molecule has 1 amide bonds. The minimum atomic E-state index is -0.557. The van der Waals surface area contributed by atoms with Crippen LogP contribution in [0.1, 0.15) is 32.5 Å². The van der Waals surface area contributed by atoms with Crippen LogP contribution < -0.4 is 11.1 Å². The summed E-state index contributed by atoms with van der Waals surface area (Å²) in [7, 11) is 0. The molecule has 1 heterocycles. The van der Waals surface area contributed by atoms with Gasteiger partial charge in [0, 0.05) is 13.1 Å². The number of nitrogens with two attached hydrogens (primary N) is 1. The van der Waals surface area contributed by atoms with Crippen molar-refractivity contribution in [3.05, 3.63) is 5.82 Å². The molecule has 0 unspecified atom stereocenters. The summed E-state index contributed by atoms with van der Waals surface area (Å²) in [4.78, 5) is 12.1. The molecule has 21 heavy (non-hydrogen) atoms. The van der Waals surface area contributed by atoms with Crippen LogP contribution in [0.25, 0.3) is 0 Å². The topological polar surface area (TPSA) is 85.8 Å². The highest BCUT2D eigenvalue weighted by Crippen LogP contribution is 2.18. The fourth-order valence-electron chi connectivity index (χ4n) is 1.95. The number of nitrogens with one attached hydrogen (secondary N) is 1. The van der Waals surface area contributed by atoms with Gasteiger partial charge in [0.2, 0.25) is 5.91 Å². The average Bonchev–Trinajstić information content (AvgIpc) is 2.84. The van der Waals surface area contributed by atoms with E-state index in [1.54, 1.807) is 0 Å². The van der Waals surface area contributed by atoms with E-state index in [1.165, 1.54) is 11.8 Å². The van der Waals surface area contributed by atoms with E-state index in [9.17, 15) is 4.79 Å². The normalized spacial score (nSPS) is 11.2. The van der Waals surface area contributed by atoms with Gasteiger partial charge in [-0.1, -0.05) is 31.5 Å². The lowest BCUT2D eigenvalue weighted by molar-refractivity contribution is -0.119. The van der Waals surface area contributed by atoms with Gasteiger partial charge in [0.1, 0.15) is 11.4 Å². The van der Waals surface area contributed by atoms with Gasteiger partial charge in [-0.05, 0) is 19.8 Å². The number of carbonyl (C=O) groups excluding carboxylic acids is 1. The minimum absolute atomic E-state index is 0.0957. The van der Waals surface area contributed by atoms with Gasteiger partial charge < -0.3 is 15.6 Å². The Morgan fingerprint density at radius 1 is 1.48 bits per heavy atom. The molecule has 0 bridgehead atoms. The van der Waals surface area contributed by atoms with Crippen LogP contribution in [0.3, 0.4) is 0 Å². The van der Waals surface area contributed by atoms with Gasteiger partial charge in [-0.15, -0.1) is 16.6 Å². The van der Waals surface area contributed by atoms with E-state index < -0.39 is 5.54 Å². The molecule has 1 aromatic rings. The highest BCUT2D eigenvalue weighted by Gasteiger charge is 2.25. The molecule has 0 aromatic carbocycles. The third-order valence-corrected chi connectivity index (χ3v) is 4.42. The lowest BCUT2D eigenvalue weighted by atomic mass is 9.94. The van der Waals surface area contributed by atoms with Gasteiger partial charge in [-0.25, -0.2) is 0 Å². The number of nitrogens with zero attached hydrogens (tertiary/aromatic N) is 3. The molecule has 116 valence electrons. The van der Waals surface area contributed by atoms with Crippen molar-refractivity contribution in [2.24, 2.45) is 5.73 Å². The van der Waals surface area contributed by atoms with Crippen molar-refractivity contribution >= 4 is 17.7 Å². The number of hydrogen-bond acceptors (Lipinski definition) is 5. The molecule has 0 aliphatic heterocycles. The Labute approximate surface area is 130 Å². The highest BCUT2D eigenvalue weighted by atomic mass is 32.2. The van der Waals surface area contributed by atoms with E-state index in [4.69, 9.17) is 12.2 Å². The molecule has 0 fully saturated rings. The van der Waals surface area contributed by atoms with Gasteiger partial charge in [-0.2, -0.15) is 0 Å². The van der Waals surface area contributed by atoms with E-state index in [0.29, 0.717) is 31.1 Å². The quantitative estimate of drug-likeness (QED) is 0.551. The zero-order chi connectivity index (χ0) is 15.9. The Morgan fingerprint density at radius 2 is 2.14 bits per heavy atom. The minimum Gasteiger partial charge on any atom is -0.339 e. The van der Waals surface area contributed by atoms with E-state index in [0.717, 1.165) is 5.82 Å². The number of carbonyl (C=O) groups is 1. The first-order valence-corrected chi connectivity index (χ1v) is 8.01. The molecule has 6 nitrogen and oxygen atoms in total. The van der Waals surface area contributed by atoms with Crippen molar-refractivity contribution in [3.8, 4) is 12.3 Å². The Kier molecular flexibility index (Phi) is 6.72. The smallest absolute Gasteiger partial charge is 0.231 e. The van der Waals surface area contributed by atoms with Crippen LogP contribution in [-0.2, 0) is 11.3 Å². The lowest BCUT2D eigenvalue weighted by Gasteiger charge is -2.26. The second kappa shape index (κ2) is 8.05. The van der Waals surface area contributed by atoms with Crippen molar-refractivity contribution in [2.45, 2.75) is 50.9 Å². The molecule has 0 aliphatic carbocycles. The molecular weight excluding hydrogens is 286 g/mol. The zero-order valence-corrected chi connectivity index (χ0v) is 13.7. The largest absolute Gasteiger partial charge is 0.339 e. The van der Waals surface area contributed by atoms with Gasteiger partial charge >= 0.3 is 0 Å². The molecule has 1 aromatic heterocycles. The van der Waals surface area contributed by atoms with Crippen molar-refractivity contribution in [1.82, 2.24) is 20.1 Å². The van der Waals surface area contributed by atoms with Crippen LogP contribution in [0.2, 0.25) is 0 Å². The second-order valence-corrected chi connectivity index (χ2v) is 5.68. The number of aromatic nitrogens is 3. The standard InChI is InChI=1S/C14H23N5OS/c1-5-14(6-2,7-3)16-12(20)10-21-13-18-17-11(4)19(13)9-8-15/h1H,6-10,15H2,2-4H3,(H,16,20). The van der Waals surface area contributed by atoms with Crippen molar-refractivity contribution in [1.29, 1.82) is 0 Å². The Bertz CT molecular complexity index is 516. The molecule has 0 saturated heterocycles. The number of thioether (sulfide) groups is 1. The van der Waals surface area contributed by atoms with E-state index in [-0.39, 0.29) is 11.7 Å². The number of aryl methyl sites for hydroxylation is 1. The molecule has 0 spiro atoms. The van der Waals surface area contributed by atoms with Crippen molar-refractivity contribution in [2.75, 3.05) is 12.3 Å². The monoisotopic (exact) mass is 309 g/mol. The van der Waals surface area contributed by atoms with Crippen LogP contribution in [-0.4, -0.2) is 38.5 Å². The maximum atomic E-state index is 12.1. The number of amides is 1. The summed E-state index contributed by atoms with van der Waals surface area (Å²) in [5.41, 5.74) is 5.01. The van der Waals surface area contributed by atoms with Crippen molar-refractivity contribution in [3.63, 3.8) is 0 Å². The summed E-state index contributed by atoms with van der Waals surface area (Å²) in [6, 6.07) is 0. The molecule has 3 N–H and O–H groups in total. The van der Waals surface area contributed by atoms with Crippen LogP contribution in [0.15, 0.2) is 5.16 Å². The van der Waals surface area contributed by atoms with E-state index >= 15 is 0 Å². The van der Waals surface area contributed by atoms with Crippen LogP contribution >= 0.6 is 11.8 Å². The second-order valence-electron chi connectivity index (χ2n) is 4.74. The van der Waals surface area contributed by atoms with Gasteiger partial charge in [0.05, 0.1) is 5.75 Å². The SMILES string of the molecule is C#CC(CC)(CC)NC(=O)CSc1nnc(C)n1CCN. The fraction of sp³-hybridized carbons (Fsp3) is 0.643. The van der Waals surface area contributed by atoms with Crippen molar-refractivity contribution < 1.29 is 4.79 Å². The first kappa shape index (κ1) is 17.5. The summed E-state index contributed by atoms with van der Waals surface area (Å²) in [5, 5.41) is 11.7. The van der Waals surface area contributed by atoms with Crippen LogP contribution in [0.5, 0.6) is 0 Å². The third kappa shape index (κ3) is 4.48. The average molecular weight is 309 g/mol. The molecule has 0 radical (unpaired) electrons. The first-order chi connectivity index (χ1) is 10.0. The third-order valence-electron chi connectivity index (χ3n) is 3.45. The predicted octanol–water partition coefficient (Wildman–Crippen LogP) is 0.946. The summed E-state index contributed by atoms with van der Waals surface area (Å²) in [6.45, 7) is 6.95. The number of rotatable bonds is 8. The Hall–Kier alpha value is -1.52. The molecule has 1 rings (SSSR count). The molecular formula is C14H23N5OS. The maximum Gasteiger partial charge on any atom is 0.231 e. The maximum absolute atomic E-state index is 12.1. The van der Waals surface area contributed by atoms with E-state index in [2.05, 4.69) is 21.4 Å².